The Labute approximate surface area is 169 Å². The molecule has 0 aliphatic carbocycles. The zero-order chi connectivity index (χ0) is 20.0. The standard InChI is InChI=1S/C19H24N2O5S2/c1-25-16-6-8-17(9-7-16)26-12-10-20-19(22)15-4-2-11-21(14-15)28(23,24)18-5-3-13-27-18/h3,5-9,13,15H,2,4,10-12,14H2,1H3,(H,20,22). The molecule has 152 valence electrons. The van der Waals surface area contributed by atoms with Gasteiger partial charge in [-0.1, -0.05) is 6.07 Å². The molecule has 1 unspecified atom stereocenters. The monoisotopic (exact) mass is 424 g/mol. The molecule has 1 aliphatic rings. The van der Waals surface area contributed by atoms with Crippen molar-refractivity contribution < 1.29 is 22.7 Å². The van der Waals surface area contributed by atoms with Gasteiger partial charge in [-0.15, -0.1) is 11.3 Å². The molecule has 1 aromatic heterocycles. The molecule has 1 fully saturated rings. The third-order valence-electron chi connectivity index (χ3n) is 4.57. The Morgan fingerprint density at radius 3 is 2.68 bits per heavy atom. The molecule has 1 saturated heterocycles. The number of carbonyl (C=O) groups is 1. The van der Waals surface area contributed by atoms with Gasteiger partial charge in [0.25, 0.3) is 10.0 Å². The van der Waals surface area contributed by atoms with Gasteiger partial charge in [0, 0.05) is 13.1 Å². The van der Waals surface area contributed by atoms with E-state index in [1.165, 1.54) is 15.6 Å². The summed E-state index contributed by atoms with van der Waals surface area (Å²) in [7, 11) is -1.91. The summed E-state index contributed by atoms with van der Waals surface area (Å²) >= 11 is 1.20. The molecule has 2 heterocycles. The molecule has 3 rings (SSSR count). The van der Waals surface area contributed by atoms with E-state index in [1.807, 2.05) is 0 Å². The molecule has 1 amide bonds. The molecule has 0 saturated carbocycles. The maximum absolute atomic E-state index is 12.7. The lowest BCUT2D eigenvalue weighted by molar-refractivity contribution is -0.126. The Hall–Kier alpha value is -2.10. The fourth-order valence-electron chi connectivity index (χ4n) is 3.07. The van der Waals surface area contributed by atoms with E-state index in [2.05, 4.69) is 5.32 Å². The van der Waals surface area contributed by atoms with Crippen LogP contribution in [0.2, 0.25) is 0 Å². The minimum absolute atomic E-state index is 0.135. The van der Waals surface area contributed by atoms with E-state index in [1.54, 1.807) is 48.9 Å². The van der Waals surface area contributed by atoms with Crippen LogP contribution in [0.3, 0.4) is 0 Å². The number of hydrogen-bond acceptors (Lipinski definition) is 6. The van der Waals surface area contributed by atoms with Crippen LogP contribution in [0, 0.1) is 5.92 Å². The largest absolute Gasteiger partial charge is 0.497 e. The number of benzene rings is 1. The Balaban J connectivity index is 1.46. The molecule has 1 aromatic carbocycles. The summed E-state index contributed by atoms with van der Waals surface area (Å²) in [5.74, 6) is 0.967. The second-order valence-electron chi connectivity index (χ2n) is 6.45. The topological polar surface area (TPSA) is 84.9 Å². The van der Waals surface area contributed by atoms with Crippen molar-refractivity contribution in [2.75, 3.05) is 33.4 Å². The van der Waals surface area contributed by atoms with Crippen molar-refractivity contribution in [1.29, 1.82) is 0 Å². The first-order chi connectivity index (χ1) is 13.5. The summed E-state index contributed by atoms with van der Waals surface area (Å²) in [6.07, 6.45) is 1.35. The van der Waals surface area contributed by atoms with Gasteiger partial charge in [-0.2, -0.15) is 4.31 Å². The number of nitrogens with zero attached hydrogens (tertiary/aromatic N) is 1. The highest BCUT2D eigenvalue weighted by atomic mass is 32.2. The van der Waals surface area contributed by atoms with Gasteiger partial charge in [0.1, 0.15) is 22.3 Å². The van der Waals surface area contributed by atoms with Crippen molar-refractivity contribution in [2.24, 2.45) is 5.92 Å². The third-order valence-corrected chi connectivity index (χ3v) is 7.81. The zero-order valence-corrected chi connectivity index (χ0v) is 17.3. The highest BCUT2D eigenvalue weighted by Crippen LogP contribution is 2.26. The van der Waals surface area contributed by atoms with Crippen LogP contribution in [-0.4, -0.2) is 52.0 Å². The maximum atomic E-state index is 12.7. The normalized spacial score (nSPS) is 17.8. The van der Waals surface area contributed by atoms with E-state index in [4.69, 9.17) is 9.47 Å². The number of piperidine rings is 1. The first-order valence-electron chi connectivity index (χ1n) is 9.09. The van der Waals surface area contributed by atoms with Crippen molar-refractivity contribution in [3.05, 3.63) is 41.8 Å². The molecule has 0 radical (unpaired) electrons. The van der Waals surface area contributed by atoms with Crippen LogP contribution >= 0.6 is 11.3 Å². The molecule has 1 atom stereocenters. The Kier molecular flexibility index (Phi) is 6.93. The van der Waals surface area contributed by atoms with Crippen LogP contribution < -0.4 is 14.8 Å². The predicted octanol–water partition coefficient (Wildman–Crippen LogP) is 2.35. The van der Waals surface area contributed by atoms with Gasteiger partial charge >= 0.3 is 0 Å². The summed E-state index contributed by atoms with van der Waals surface area (Å²) in [5, 5.41) is 4.58. The third kappa shape index (κ3) is 5.03. The van der Waals surface area contributed by atoms with E-state index in [-0.39, 0.29) is 18.4 Å². The predicted molar refractivity (Wildman–Crippen MR) is 107 cm³/mol. The number of nitrogens with one attached hydrogen (secondary N) is 1. The average molecular weight is 425 g/mol. The second kappa shape index (κ2) is 9.40. The van der Waals surface area contributed by atoms with E-state index >= 15 is 0 Å². The minimum Gasteiger partial charge on any atom is -0.497 e. The maximum Gasteiger partial charge on any atom is 0.252 e. The van der Waals surface area contributed by atoms with Crippen molar-refractivity contribution in [3.8, 4) is 11.5 Å². The van der Waals surface area contributed by atoms with Gasteiger partial charge in [0.2, 0.25) is 5.91 Å². The summed E-state index contributed by atoms with van der Waals surface area (Å²) in [6, 6.07) is 10.5. The highest BCUT2D eigenvalue weighted by molar-refractivity contribution is 7.91. The molecular weight excluding hydrogens is 400 g/mol. The summed E-state index contributed by atoms with van der Waals surface area (Å²) in [4.78, 5) is 12.4. The van der Waals surface area contributed by atoms with Crippen LogP contribution in [0.1, 0.15) is 12.8 Å². The molecule has 28 heavy (non-hydrogen) atoms. The van der Waals surface area contributed by atoms with Gasteiger partial charge in [0.15, 0.2) is 0 Å². The van der Waals surface area contributed by atoms with Gasteiger partial charge < -0.3 is 14.8 Å². The molecule has 0 bridgehead atoms. The Morgan fingerprint density at radius 1 is 1.25 bits per heavy atom. The molecule has 9 heteroatoms. The van der Waals surface area contributed by atoms with Gasteiger partial charge in [0.05, 0.1) is 19.6 Å². The number of amides is 1. The number of rotatable bonds is 8. The summed E-state index contributed by atoms with van der Waals surface area (Å²) in [6.45, 7) is 1.36. The van der Waals surface area contributed by atoms with Crippen LogP contribution in [0.15, 0.2) is 46.0 Å². The quantitative estimate of drug-likeness (QED) is 0.658. The van der Waals surface area contributed by atoms with Gasteiger partial charge in [-0.25, -0.2) is 8.42 Å². The van der Waals surface area contributed by atoms with Gasteiger partial charge in [-0.05, 0) is 48.6 Å². The molecule has 1 aliphatic heterocycles. The van der Waals surface area contributed by atoms with Gasteiger partial charge in [-0.3, -0.25) is 4.79 Å². The molecule has 1 N–H and O–H groups in total. The van der Waals surface area contributed by atoms with E-state index < -0.39 is 10.0 Å². The summed E-state index contributed by atoms with van der Waals surface area (Å²) in [5.41, 5.74) is 0. The van der Waals surface area contributed by atoms with Crippen LogP contribution in [0.5, 0.6) is 11.5 Å². The van der Waals surface area contributed by atoms with E-state index in [0.29, 0.717) is 42.5 Å². The van der Waals surface area contributed by atoms with Crippen molar-refractivity contribution in [1.82, 2.24) is 9.62 Å². The molecule has 2 aromatic rings. The lowest BCUT2D eigenvalue weighted by Crippen LogP contribution is -2.45. The number of carbonyl (C=O) groups excluding carboxylic acids is 1. The van der Waals surface area contributed by atoms with E-state index in [0.717, 1.165) is 5.75 Å². The smallest absolute Gasteiger partial charge is 0.252 e. The highest BCUT2D eigenvalue weighted by Gasteiger charge is 2.33. The number of sulfonamides is 1. The number of ether oxygens (including phenoxy) is 2. The fraction of sp³-hybridized carbons (Fsp3) is 0.421. The number of hydrogen-bond donors (Lipinski definition) is 1. The lowest BCUT2D eigenvalue weighted by Gasteiger charge is -2.30. The molecule has 7 nitrogen and oxygen atoms in total. The number of thiophene rings is 1. The first kappa shape index (κ1) is 20.6. The van der Waals surface area contributed by atoms with Crippen molar-refractivity contribution in [3.63, 3.8) is 0 Å². The first-order valence-corrected chi connectivity index (χ1v) is 11.4. The van der Waals surface area contributed by atoms with Crippen LogP contribution in [0.25, 0.3) is 0 Å². The number of methoxy groups -OCH3 is 1. The second-order valence-corrected chi connectivity index (χ2v) is 9.56. The molecular formula is C19H24N2O5S2. The Morgan fingerprint density at radius 2 is 2.00 bits per heavy atom. The minimum atomic E-state index is -3.52. The summed E-state index contributed by atoms with van der Waals surface area (Å²) < 4.78 is 37.7. The Bertz CT molecular complexity index is 866. The van der Waals surface area contributed by atoms with E-state index in [9.17, 15) is 13.2 Å². The SMILES string of the molecule is COc1ccc(OCCNC(=O)C2CCCN(S(=O)(=O)c3cccs3)C2)cc1. The molecule has 0 spiro atoms. The zero-order valence-electron chi connectivity index (χ0n) is 15.7. The van der Waals surface area contributed by atoms with Crippen molar-refractivity contribution in [2.45, 2.75) is 17.1 Å². The van der Waals surface area contributed by atoms with Crippen LogP contribution in [-0.2, 0) is 14.8 Å². The lowest BCUT2D eigenvalue weighted by atomic mass is 9.99. The van der Waals surface area contributed by atoms with Crippen LogP contribution in [0.4, 0.5) is 0 Å². The van der Waals surface area contributed by atoms with Crippen molar-refractivity contribution >= 4 is 27.3 Å². The average Bonchev–Trinajstić information content (AvgIpc) is 3.27. The fourth-order valence-corrected chi connectivity index (χ4v) is 5.74.